The molecule has 6 nitrogen and oxygen atoms in total. The van der Waals surface area contributed by atoms with Crippen molar-refractivity contribution in [3.8, 4) is 11.1 Å². The summed E-state index contributed by atoms with van der Waals surface area (Å²) in [6, 6.07) is 16.4. The van der Waals surface area contributed by atoms with Crippen LogP contribution in [0.25, 0.3) is 11.1 Å². The molecule has 0 saturated carbocycles. The first kappa shape index (κ1) is 19.8. The largest absolute Gasteiger partial charge is 0.466 e. The van der Waals surface area contributed by atoms with Crippen LogP contribution in [0.15, 0.2) is 60.2 Å². The van der Waals surface area contributed by atoms with Crippen LogP contribution in [0.2, 0.25) is 0 Å². The summed E-state index contributed by atoms with van der Waals surface area (Å²) in [5.41, 5.74) is 5.80. The Hall–Kier alpha value is -3.12. The number of methoxy groups -OCH3 is 1. The average Bonchev–Trinajstić information content (AvgIpc) is 3.10. The molecule has 1 amide bonds. The van der Waals surface area contributed by atoms with Crippen LogP contribution in [-0.4, -0.2) is 56.0 Å². The molecule has 2 aromatic carbocycles. The molecule has 6 heteroatoms. The SMILES string of the molecule is COC(=O)C=C1CC2COCC(C1)N2C(=O)OCC1c2ccccc2-c2ccccc21. The lowest BCUT2D eigenvalue weighted by Gasteiger charge is -2.45. The van der Waals surface area contributed by atoms with Crippen molar-refractivity contribution in [1.29, 1.82) is 0 Å². The standard InChI is InChI=1S/C25H25NO5/c1-29-24(27)12-16-10-17-13-30-14-18(11-16)26(17)25(28)31-15-23-21-8-4-2-6-19(21)20-7-3-5-9-22(20)23/h2-9,12,17-18,23H,10-11,13-15H2,1H3. The molecule has 2 heterocycles. The molecule has 31 heavy (non-hydrogen) atoms. The molecule has 3 aliphatic rings. The molecule has 0 N–H and O–H groups in total. The van der Waals surface area contributed by atoms with Crippen LogP contribution in [0.1, 0.15) is 29.9 Å². The molecule has 160 valence electrons. The Morgan fingerprint density at radius 2 is 1.58 bits per heavy atom. The van der Waals surface area contributed by atoms with Crippen LogP contribution < -0.4 is 0 Å². The van der Waals surface area contributed by atoms with Crippen LogP contribution in [0.3, 0.4) is 0 Å². The van der Waals surface area contributed by atoms with Gasteiger partial charge in [0.25, 0.3) is 0 Å². The summed E-state index contributed by atoms with van der Waals surface area (Å²) < 4.78 is 16.3. The predicted molar refractivity (Wildman–Crippen MR) is 115 cm³/mol. The monoisotopic (exact) mass is 419 g/mol. The molecule has 2 aromatic rings. The number of morpholine rings is 1. The smallest absolute Gasteiger partial charge is 0.410 e. The highest BCUT2D eigenvalue weighted by molar-refractivity contribution is 5.83. The molecular formula is C25H25NO5. The molecule has 2 fully saturated rings. The Morgan fingerprint density at radius 3 is 2.16 bits per heavy atom. The molecule has 2 atom stereocenters. The Bertz CT molecular complexity index is 984. The Kier molecular flexibility index (Phi) is 5.24. The second kappa shape index (κ2) is 8.19. The van der Waals surface area contributed by atoms with Gasteiger partial charge in [-0.25, -0.2) is 9.59 Å². The van der Waals surface area contributed by atoms with Crippen molar-refractivity contribution in [2.75, 3.05) is 26.9 Å². The topological polar surface area (TPSA) is 65.1 Å². The van der Waals surface area contributed by atoms with Gasteiger partial charge in [0, 0.05) is 12.0 Å². The van der Waals surface area contributed by atoms with E-state index in [2.05, 4.69) is 24.3 Å². The zero-order chi connectivity index (χ0) is 21.4. The quantitative estimate of drug-likeness (QED) is 0.558. The number of hydrogen-bond donors (Lipinski definition) is 0. The molecule has 5 rings (SSSR count). The third-order valence-corrected chi connectivity index (χ3v) is 6.47. The number of esters is 1. The van der Waals surface area contributed by atoms with Gasteiger partial charge in [0.05, 0.1) is 32.4 Å². The maximum absolute atomic E-state index is 13.1. The number of hydrogen-bond acceptors (Lipinski definition) is 5. The normalized spacial score (nSPS) is 21.8. The van der Waals surface area contributed by atoms with E-state index in [4.69, 9.17) is 14.2 Å². The van der Waals surface area contributed by atoms with Crippen molar-refractivity contribution in [2.45, 2.75) is 30.8 Å². The number of nitrogens with zero attached hydrogens (tertiary/aromatic N) is 1. The summed E-state index contributed by atoms with van der Waals surface area (Å²) >= 11 is 0. The van der Waals surface area contributed by atoms with Gasteiger partial charge in [-0.3, -0.25) is 4.90 Å². The van der Waals surface area contributed by atoms with Crippen molar-refractivity contribution in [3.05, 3.63) is 71.3 Å². The summed E-state index contributed by atoms with van der Waals surface area (Å²) in [5.74, 6) is -0.324. The van der Waals surface area contributed by atoms with Gasteiger partial charge in [-0.1, -0.05) is 54.1 Å². The Morgan fingerprint density at radius 1 is 1.00 bits per heavy atom. The maximum Gasteiger partial charge on any atom is 0.410 e. The molecule has 0 radical (unpaired) electrons. The fraction of sp³-hybridized carbons (Fsp3) is 0.360. The van der Waals surface area contributed by atoms with E-state index in [1.807, 2.05) is 29.2 Å². The van der Waals surface area contributed by atoms with Crippen molar-refractivity contribution < 1.29 is 23.8 Å². The van der Waals surface area contributed by atoms with Crippen LogP contribution in [0.5, 0.6) is 0 Å². The van der Waals surface area contributed by atoms with Gasteiger partial charge in [0.1, 0.15) is 6.61 Å². The fourth-order valence-corrected chi connectivity index (χ4v) is 5.11. The number of carbonyl (C=O) groups is 2. The first-order valence-corrected chi connectivity index (χ1v) is 10.6. The second-order valence-electron chi connectivity index (χ2n) is 8.29. The van der Waals surface area contributed by atoms with Crippen molar-refractivity contribution in [1.82, 2.24) is 4.90 Å². The average molecular weight is 419 g/mol. The highest BCUT2D eigenvalue weighted by atomic mass is 16.6. The predicted octanol–water partition coefficient (Wildman–Crippen LogP) is 3.90. The summed E-state index contributed by atoms with van der Waals surface area (Å²) in [4.78, 5) is 26.6. The van der Waals surface area contributed by atoms with Gasteiger partial charge in [-0.15, -0.1) is 0 Å². The minimum Gasteiger partial charge on any atom is -0.466 e. The van der Waals surface area contributed by atoms with Crippen LogP contribution in [0, 0.1) is 0 Å². The minimum atomic E-state index is -0.358. The van der Waals surface area contributed by atoms with E-state index in [-0.39, 0.29) is 30.1 Å². The van der Waals surface area contributed by atoms with E-state index in [0.29, 0.717) is 32.7 Å². The number of benzene rings is 2. The van der Waals surface area contributed by atoms with Crippen molar-refractivity contribution in [2.24, 2.45) is 0 Å². The lowest BCUT2D eigenvalue weighted by molar-refractivity contribution is -0.135. The molecule has 2 unspecified atom stereocenters. The van der Waals surface area contributed by atoms with E-state index in [0.717, 1.165) is 5.57 Å². The number of rotatable bonds is 3. The molecule has 2 aliphatic heterocycles. The number of amides is 1. The van der Waals surface area contributed by atoms with E-state index in [1.165, 1.54) is 29.4 Å². The third kappa shape index (κ3) is 3.61. The molecule has 2 saturated heterocycles. The summed E-state index contributed by atoms with van der Waals surface area (Å²) in [6.07, 6.45) is 2.42. The summed E-state index contributed by atoms with van der Waals surface area (Å²) in [5, 5.41) is 0. The van der Waals surface area contributed by atoms with Crippen molar-refractivity contribution in [3.63, 3.8) is 0 Å². The van der Waals surface area contributed by atoms with E-state index < -0.39 is 0 Å². The van der Waals surface area contributed by atoms with Gasteiger partial charge < -0.3 is 14.2 Å². The van der Waals surface area contributed by atoms with Crippen molar-refractivity contribution >= 4 is 12.1 Å². The lowest BCUT2D eigenvalue weighted by Crippen LogP contribution is -2.58. The van der Waals surface area contributed by atoms with E-state index in [9.17, 15) is 9.59 Å². The number of carbonyl (C=O) groups excluding carboxylic acids is 2. The van der Waals surface area contributed by atoms with Gasteiger partial charge in [-0.2, -0.15) is 0 Å². The zero-order valence-corrected chi connectivity index (χ0v) is 17.5. The van der Waals surface area contributed by atoms with E-state index >= 15 is 0 Å². The number of fused-ring (bicyclic) bond motifs is 5. The van der Waals surface area contributed by atoms with Gasteiger partial charge in [-0.05, 0) is 35.1 Å². The molecule has 0 aromatic heterocycles. The van der Waals surface area contributed by atoms with Gasteiger partial charge in [0.2, 0.25) is 0 Å². The molecule has 1 aliphatic carbocycles. The highest BCUT2D eigenvalue weighted by Crippen LogP contribution is 2.44. The molecule has 0 spiro atoms. The van der Waals surface area contributed by atoms with Crippen LogP contribution in [-0.2, 0) is 19.0 Å². The van der Waals surface area contributed by atoms with Crippen LogP contribution in [0.4, 0.5) is 4.79 Å². The summed E-state index contributed by atoms with van der Waals surface area (Å²) in [6.45, 7) is 1.19. The Balaban J connectivity index is 1.31. The third-order valence-electron chi connectivity index (χ3n) is 6.47. The zero-order valence-electron chi connectivity index (χ0n) is 17.5. The molecular weight excluding hydrogens is 394 g/mol. The Labute approximate surface area is 181 Å². The van der Waals surface area contributed by atoms with Gasteiger partial charge in [0.15, 0.2) is 0 Å². The first-order chi connectivity index (χ1) is 15.2. The fourth-order valence-electron chi connectivity index (χ4n) is 5.11. The maximum atomic E-state index is 13.1. The lowest BCUT2D eigenvalue weighted by atomic mass is 9.90. The molecule has 2 bridgehead atoms. The van der Waals surface area contributed by atoms with Crippen LogP contribution >= 0.6 is 0 Å². The van der Waals surface area contributed by atoms with E-state index in [1.54, 1.807) is 6.08 Å². The first-order valence-electron chi connectivity index (χ1n) is 10.6. The number of ether oxygens (including phenoxy) is 3. The van der Waals surface area contributed by atoms with Gasteiger partial charge >= 0.3 is 12.1 Å². The number of piperidine rings is 1. The second-order valence-corrected chi connectivity index (χ2v) is 8.29. The summed E-state index contributed by atoms with van der Waals surface area (Å²) in [7, 11) is 1.37. The minimum absolute atomic E-state index is 0.0343. The highest BCUT2D eigenvalue weighted by Gasteiger charge is 2.41.